The molecule has 0 spiro atoms. The zero-order valence-corrected chi connectivity index (χ0v) is 7.52. The van der Waals surface area contributed by atoms with E-state index in [4.69, 9.17) is 0 Å². The van der Waals surface area contributed by atoms with E-state index >= 15 is 0 Å². The van der Waals surface area contributed by atoms with Gasteiger partial charge in [-0.1, -0.05) is 57.8 Å². The van der Waals surface area contributed by atoms with Crippen molar-refractivity contribution in [3.8, 4) is 0 Å². The summed E-state index contributed by atoms with van der Waals surface area (Å²) in [7, 11) is 0. The van der Waals surface area contributed by atoms with E-state index < -0.39 is 0 Å². The minimum Gasteiger partial charge on any atom is -0.0533 e. The van der Waals surface area contributed by atoms with Crippen molar-refractivity contribution < 1.29 is 0 Å². The molecular weight excluding hydrogens is 132 g/mol. The molecule has 0 N–H and O–H groups in total. The van der Waals surface area contributed by atoms with Gasteiger partial charge in [0.15, 0.2) is 0 Å². The normalized spacial score (nSPS) is 39.3. The highest BCUT2D eigenvalue weighted by atomic mass is 14.3. The fraction of sp³-hybridized carbons (Fsp3) is 1.00. The molecule has 0 bridgehead atoms. The summed E-state index contributed by atoms with van der Waals surface area (Å²) in [4.78, 5) is 0. The second-order valence-electron chi connectivity index (χ2n) is 4.44. The summed E-state index contributed by atoms with van der Waals surface area (Å²) in [5.74, 6) is 2.30. The van der Waals surface area contributed by atoms with Gasteiger partial charge in [-0.3, -0.25) is 0 Å². The van der Waals surface area contributed by atoms with Crippen LogP contribution in [0.15, 0.2) is 0 Å². The summed E-state index contributed by atoms with van der Waals surface area (Å²) >= 11 is 0. The summed E-state index contributed by atoms with van der Waals surface area (Å²) in [5.41, 5.74) is 0. The maximum atomic E-state index is 1.56. The van der Waals surface area contributed by atoms with Crippen LogP contribution in [0.3, 0.4) is 0 Å². The van der Waals surface area contributed by atoms with Crippen molar-refractivity contribution in [1.82, 2.24) is 0 Å². The third-order valence-corrected chi connectivity index (χ3v) is 3.72. The Hall–Kier alpha value is 0. The molecule has 64 valence electrons. The molecule has 11 heavy (non-hydrogen) atoms. The van der Waals surface area contributed by atoms with Crippen LogP contribution in [0.4, 0.5) is 0 Å². The number of rotatable bonds is 0. The molecule has 2 saturated carbocycles. The van der Waals surface area contributed by atoms with Crippen molar-refractivity contribution in [2.75, 3.05) is 0 Å². The minimum atomic E-state index is 1.15. The molecule has 0 heteroatoms. The Kier molecular flexibility index (Phi) is 2.50. The van der Waals surface area contributed by atoms with Crippen LogP contribution in [0.5, 0.6) is 0 Å². The van der Waals surface area contributed by atoms with Crippen LogP contribution < -0.4 is 0 Å². The van der Waals surface area contributed by atoms with Crippen LogP contribution in [-0.4, -0.2) is 0 Å². The zero-order valence-electron chi connectivity index (χ0n) is 7.52. The van der Waals surface area contributed by atoms with E-state index in [1.165, 1.54) is 32.1 Å². The highest BCUT2D eigenvalue weighted by molar-refractivity contribution is 4.78. The molecule has 0 aromatic heterocycles. The van der Waals surface area contributed by atoms with Crippen LogP contribution in [-0.2, 0) is 0 Å². The van der Waals surface area contributed by atoms with Crippen LogP contribution in [0.2, 0.25) is 0 Å². The Labute approximate surface area is 70.4 Å². The van der Waals surface area contributed by atoms with E-state index in [1.54, 1.807) is 25.7 Å². The molecule has 0 aromatic carbocycles. The molecule has 0 saturated heterocycles. The molecule has 2 aliphatic carbocycles. The molecule has 2 aliphatic rings. The van der Waals surface area contributed by atoms with Gasteiger partial charge in [-0.05, 0) is 11.8 Å². The molecule has 0 aliphatic heterocycles. The van der Waals surface area contributed by atoms with E-state index in [0.29, 0.717) is 0 Å². The summed E-state index contributed by atoms with van der Waals surface area (Å²) in [6.45, 7) is 0. The van der Waals surface area contributed by atoms with Crippen LogP contribution in [0.25, 0.3) is 0 Å². The van der Waals surface area contributed by atoms with E-state index in [-0.39, 0.29) is 0 Å². The molecule has 0 nitrogen and oxygen atoms in total. The highest BCUT2D eigenvalue weighted by Crippen LogP contribution is 2.39. The summed E-state index contributed by atoms with van der Waals surface area (Å²) in [5, 5.41) is 0. The van der Waals surface area contributed by atoms with Crippen LogP contribution in [0, 0.1) is 11.8 Å². The first-order valence-electron chi connectivity index (χ1n) is 5.47. The maximum Gasteiger partial charge on any atom is -0.0386 e. The third-order valence-electron chi connectivity index (χ3n) is 3.72. The summed E-state index contributed by atoms with van der Waals surface area (Å²) in [6, 6.07) is 0. The van der Waals surface area contributed by atoms with Crippen molar-refractivity contribution in [3.63, 3.8) is 0 Å². The SMILES string of the molecule is C1CCC[C@H]2CCC[C@H]2CC1. The fourth-order valence-electron chi connectivity index (χ4n) is 3.04. The molecule has 0 amide bonds. The quantitative estimate of drug-likeness (QED) is 0.496. The average Bonchev–Trinajstić information content (AvgIpc) is 2.35. The van der Waals surface area contributed by atoms with Crippen LogP contribution in [0.1, 0.15) is 57.8 Å². The minimum absolute atomic E-state index is 1.15. The van der Waals surface area contributed by atoms with Crippen molar-refractivity contribution in [3.05, 3.63) is 0 Å². The first-order chi connectivity index (χ1) is 5.47. The summed E-state index contributed by atoms with van der Waals surface area (Å²) in [6.07, 6.45) is 13.9. The Morgan fingerprint density at radius 1 is 0.455 bits per heavy atom. The Morgan fingerprint density at radius 3 is 1.45 bits per heavy atom. The molecule has 0 unspecified atom stereocenters. The molecule has 2 rings (SSSR count). The fourth-order valence-corrected chi connectivity index (χ4v) is 3.04. The van der Waals surface area contributed by atoms with Gasteiger partial charge in [-0.25, -0.2) is 0 Å². The zero-order chi connectivity index (χ0) is 7.52. The van der Waals surface area contributed by atoms with Gasteiger partial charge >= 0.3 is 0 Å². The maximum absolute atomic E-state index is 1.56. The standard InChI is InChI=1S/C11H20/c1-2-4-7-11-9-5-8-10(11)6-3-1/h10-11H,1-9H2/t10-,11+. The largest absolute Gasteiger partial charge is 0.0533 e. The molecule has 0 aromatic rings. The van der Waals surface area contributed by atoms with Crippen molar-refractivity contribution in [2.24, 2.45) is 11.8 Å². The molecule has 0 heterocycles. The lowest BCUT2D eigenvalue weighted by Gasteiger charge is -2.21. The van der Waals surface area contributed by atoms with Gasteiger partial charge in [0.05, 0.1) is 0 Å². The predicted octanol–water partition coefficient (Wildman–Crippen LogP) is 3.76. The number of hydrogen-bond acceptors (Lipinski definition) is 0. The number of hydrogen-bond donors (Lipinski definition) is 0. The Balaban J connectivity index is 1.89. The lowest BCUT2D eigenvalue weighted by molar-refractivity contribution is 0.301. The van der Waals surface area contributed by atoms with Gasteiger partial charge in [-0.2, -0.15) is 0 Å². The molecule has 2 fully saturated rings. The second kappa shape index (κ2) is 3.60. The first-order valence-corrected chi connectivity index (χ1v) is 5.47. The highest BCUT2D eigenvalue weighted by Gasteiger charge is 2.26. The molecule has 0 radical (unpaired) electrons. The summed E-state index contributed by atoms with van der Waals surface area (Å²) < 4.78 is 0. The predicted molar refractivity (Wildman–Crippen MR) is 48.5 cm³/mol. The van der Waals surface area contributed by atoms with Crippen molar-refractivity contribution in [2.45, 2.75) is 57.8 Å². The molecule has 2 atom stereocenters. The average molecular weight is 152 g/mol. The van der Waals surface area contributed by atoms with E-state index in [2.05, 4.69) is 0 Å². The Morgan fingerprint density at radius 2 is 0.909 bits per heavy atom. The van der Waals surface area contributed by atoms with Gasteiger partial charge in [0.1, 0.15) is 0 Å². The van der Waals surface area contributed by atoms with Crippen LogP contribution >= 0.6 is 0 Å². The van der Waals surface area contributed by atoms with Crippen molar-refractivity contribution in [1.29, 1.82) is 0 Å². The van der Waals surface area contributed by atoms with Gasteiger partial charge < -0.3 is 0 Å². The Bertz CT molecular complexity index is 103. The first kappa shape index (κ1) is 7.64. The monoisotopic (exact) mass is 152 g/mol. The van der Waals surface area contributed by atoms with Gasteiger partial charge in [-0.15, -0.1) is 0 Å². The topological polar surface area (TPSA) is 0 Å². The van der Waals surface area contributed by atoms with E-state index in [0.717, 1.165) is 11.8 Å². The number of fused-ring (bicyclic) bond motifs is 1. The third kappa shape index (κ3) is 1.77. The van der Waals surface area contributed by atoms with E-state index in [9.17, 15) is 0 Å². The van der Waals surface area contributed by atoms with Crippen molar-refractivity contribution >= 4 is 0 Å². The van der Waals surface area contributed by atoms with Gasteiger partial charge in [0, 0.05) is 0 Å². The van der Waals surface area contributed by atoms with Gasteiger partial charge in [0.2, 0.25) is 0 Å². The lowest BCUT2D eigenvalue weighted by atomic mass is 9.84. The lowest BCUT2D eigenvalue weighted by Crippen LogP contribution is -2.09. The van der Waals surface area contributed by atoms with Gasteiger partial charge in [0.25, 0.3) is 0 Å². The second-order valence-corrected chi connectivity index (χ2v) is 4.44. The smallest absolute Gasteiger partial charge is 0.0386 e. The van der Waals surface area contributed by atoms with E-state index in [1.807, 2.05) is 0 Å². The molecular formula is C11H20.